The molecule has 1 N–H and O–H groups in total. The van der Waals surface area contributed by atoms with Crippen LogP contribution in [0.25, 0.3) is 0 Å². The van der Waals surface area contributed by atoms with Crippen LogP contribution in [0.4, 0.5) is 0 Å². The summed E-state index contributed by atoms with van der Waals surface area (Å²) in [5.74, 6) is 0. The quantitative estimate of drug-likeness (QED) is 0.521. The highest BCUT2D eigenvalue weighted by molar-refractivity contribution is 8.00. The number of hydrogen-bond acceptors (Lipinski definition) is 2. The Bertz CT molecular complexity index is 132. The van der Waals surface area contributed by atoms with Crippen molar-refractivity contribution < 1.29 is 0 Å². The van der Waals surface area contributed by atoms with Gasteiger partial charge in [0.15, 0.2) is 0 Å². The van der Waals surface area contributed by atoms with Gasteiger partial charge in [0.1, 0.15) is 0 Å². The van der Waals surface area contributed by atoms with Crippen molar-refractivity contribution in [2.75, 3.05) is 6.54 Å². The predicted octanol–water partition coefficient (Wildman–Crippen LogP) is 2.17. The van der Waals surface area contributed by atoms with E-state index in [9.17, 15) is 0 Å². The number of nitrogens with one attached hydrogen (secondary N) is 1. The first-order valence-electron chi connectivity index (χ1n) is 3.19. The summed E-state index contributed by atoms with van der Waals surface area (Å²) in [7, 11) is 0. The molecule has 0 aliphatic carbocycles. The topological polar surface area (TPSA) is 12.0 Å². The minimum absolute atomic E-state index is 0.358. The maximum absolute atomic E-state index is 3.20. The molecule has 0 saturated carbocycles. The number of rotatable bonds is 0. The molecule has 9 heavy (non-hydrogen) atoms. The fourth-order valence-corrected chi connectivity index (χ4v) is 1.62. The van der Waals surface area contributed by atoms with Crippen LogP contribution < -0.4 is 4.72 Å². The Morgan fingerprint density at radius 3 is 2.44 bits per heavy atom. The van der Waals surface area contributed by atoms with Crippen LogP contribution in [0.15, 0.2) is 11.0 Å². The normalized spacial score (nSPS) is 20.1. The lowest BCUT2D eigenvalue weighted by atomic mass is 9.88. The first kappa shape index (κ1) is 7.16. The summed E-state index contributed by atoms with van der Waals surface area (Å²) in [5.41, 5.74) is 1.86. The van der Waals surface area contributed by atoms with E-state index < -0.39 is 0 Å². The van der Waals surface area contributed by atoms with Gasteiger partial charge in [-0.2, -0.15) is 0 Å². The van der Waals surface area contributed by atoms with E-state index in [1.165, 1.54) is 5.57 Å². The Labute approximate surface area is 61.0 Å². The summed E-state index contributed by atoms with van der Waals surface area (Å²) in [6.45, 7) is 7.78. The Morgan fingerprint density at radius 2 is 2.22 bits per heavy atom. The monoisotopic (exact) mass is 143 g/mol. The predicted molar refractivity (Wildman–Crippen MR) is 43.1 cm³/mol. The second-order valence-electron chi connectivity index (χ2n) is 3.33. The molecule has 0 aromatic heterocycles. The highest BCUT2D eigenvalue weighted by atomic mass is 32.2. The summed E-state index contributed by atoms with van der Waals surface area (Å²) in [6.07, 6.45) is 0. The van der Waals surface area contributed by atoms with Crippen LogP contribution in [0.1, 0.15) is 20.8 Å². The van der Waals surface area contributed by atoms with E-state index in [1.807, 2.05) is 0 Å². The fourth-order valence-electron chi connectivity index (χ4n) is 0.716. The number of hydrogen-bond donors (Lipinski definition) is 1. The average Bonchev–Trinajstić information content (AvgIpc) is 2.08. The van der Waals surface area contributed by atoms with E-state index in [-0.39, 0.29) is 0 Å². The van der Waals surface area contributed by atoms with Gasteiger partial charge in [-0.25, -0.2) is 0 Å². The van der Waals surface area contributed by atoms with E-state index in [2.05, 4.69) is 30.9 Å². The van der Waals surface area contributed by atoms with Crippen LogP contribution in [-0.2, 0) is 0 Å². The van der Waals surface area contributed by atoms with Gasteiger partial charge in [0.25, 0.3) is 0 Å². The minimum atomic E-state index is 0.358. The molecule has 1 nitrogen and oxygen atoms in total. The molecule has 1 rings (SSSR count). The second-order valence-corrected chi connectivity index (χ2v) is 4.09. The molecule has 0 bridgehead atoms. The third kappa shape index (κ3) is 1.73. The van der Waals surface area contributed by atoms with Gasteiger partial charge in [0, 0.05) is 6.54 Å². The SMILES string of the molecule is CC(C)(C)C1=CSNC1. The Balaban J connectivity index is 2.61. The van der Waals surface area contributed by atoms with Gasteiger partial charge in [0.05, 0.1) is 0 Å². The van der Waals surface area contributed by atoms with Crippen molar-refractivity contribution in [2.45, 2.75) is 20.8 Å². The molecule has 1 heterocycles. The lowest BCUT2D eigenvalue weighted by Crippen LogP contribution is -2.14. The summed E-state index contributed by atoms with van der Waals surface area (Å²) >= 11 is 1.70. The van der Waals surface area contributed by atoms with Crippen molar-refractivity contribution in [3.05, 3.63) is 11.0 Å². The van der Waals surface area contributed by atoms with E-state index in [1.54, 1.807) is 11.9 Å². The van der Waals surface area contributed by atoms with E-state index in [4.69, 9.17) is 0 Å². The Kier molecular flexibility index (Phi) is 1.87. The molecule has 1 aliphatic rings. The standard InChI is InChI=1S/C7H13NS/c1-7(2,3)6-4-8-9-5-6/h5,8H,4H2,1-3H3. The maximum atomic E-state index is 3.20. The highest BCUT2D eigenvalue weighted by Crippen LogP contribution is 2.29. The van der Waals surface area contributed by atoms with E-state index in [0.29, 0.717) is 5.41 Å². The Morgan fingerprint density at radius 1 is 1.56 bits per heavy atom. The molecule has 2 heteroatoms. The molecular formula is C7H13NS. The van der Waals surface area contributed by atoms with Gasteiger partial charge >= 0.3 is 0 Å². The summed E-state index contributed by atoms with van der Waals surface area (Å²) in [5, 5.41) is 2.21. The van der Waals surface area contributed by atoms with Crippen LogP contribution in [0.5, 0.6) is 0 Å². The fraction of sp³-hybridized carbons (Fsp3) is 0.714. The molecule has 0 aromatic rings. The van der Waals surface area contributed by atoms with Gasteiger partial charge in [-0.15, -0.1) is 0 Å². The van der Waals surface area contributed by atoms with Gasteiger partial charge in [-0.1, -0.05) is 32.7 Å². The van der Waals surface area contributed by atoms with Gasteiger partial charge < -0.3 is 0 Å². The van der Waals surface area contributed by atoms with Gasteiger partial charge in [0.2, 0.25) is 0 Å². The zero-order chi connectivity index (χ0) is 6.91. The summed E-state index contributed by atoms with van der Waals surface area (Å²) in [4.78, 5) is 0. The third-order valence-corrected chi connectivity index (χ3v) is 2.22. The summed E-state index contributed by atoms with van der Waals surface area (Å²) < 4.78 is 3.20. The van der Waals surface area contributed by atoms with Crippen LogP contribution in [-0.4, -0.2) is 6.54 Å². The smallest absolute Gasteiger partial charge is 0.0286 e. The van der Waals surface area contributed by atoms with Crippen molar-refractivity contribution in [1.29, 1.82) is 0 Å². The van der Waals surface area contributed by atoms with Crippen LogP contribution >= 0.6 is 11.9 Å². The van der Waals surface area contributed by atoms with Crippen molar-refractivity contribution in [1.82, 2.24) is 4.72 Å². The second kappa shape index (κ2) is 2.35. The Hall–Kier alpha value is 0.0500. The average molecular weight is 143 g/mol. The highest BCUT2D eigenvalue weighted by Gasteiger charge is 2.18. The summed E-state index contributed by atoms with van der Waals surface area (Å²) in [6, 6.07) is 0. The molecule has 0 amide bonds. The molecule has 0 aromatic carbocycles. The molecule has 0 spiro atoms. The van der Waals surface area contributed by atoms with Crippen molar-refractivity contribution in [2.24, 2.45) is 5.41 Å². The lowest BCUT2D eigenvalue weighted by Gasteiger charge is -2.18. The molecule has 1 aliphatic heterocycles. The zero-order valence-corrected chi connectivity index (χ0v) is 7.01. The van der Waals surface area contributed by atoms with E-state index in [0.717, 1.165) is 6.54 Å². The molecule has 0 atom stereocenters. The van der Waals surface area contributed by atoms with E-state index >= 15 is 0 Å². The van der Waals surface area contributed by atoms with Crippen LogP contribution in [0, 0.1) is 5.41 Å². The van der Waals surface area contributed by atoms with Gasteiger partial charge in [-0.05, 0) is 16.4 Å². The van der Waals surface area contributed by atoms with Crippen molar-refractivity contribution in [3.8, 4) is 0 Å². The zero-order valence-electron chi connectivity index (χ0n) is 6.19. The van der Waals surface area contributed by atoms with Gasteiger partial charge in [-0.3, -0.25) is 4.72 Å². The first-order valence-corrected chi connectivity index (χ1v) is 4.07. The molecule has 0 fully saturated rings. The molecular weight excluding hydrogens is 130 g/mol. The van der Waals surface area contributed by atoms with Crippen LogP contribution in [0.3, 0.4) is 0 Å². The lowest BCUT2D eigenvalue weighted by molar-refractivity contribution is 0.496. The third-order valence-electron chi connectivity index (χ3n) is 1.51. The molecule has 0 radical (unpaired) electrons. The van der Waals surface area contributed by atoms with Crippen LogP contribution in [0.2, 0.25) is 0 Å². The van der Waals surface area contributed by atoms with Crippen molar-refractivity contribution in [3.63, 3.8) is 0 Å². The van der Waals surface area contributed by atoms with Crippen molar-refractivity contribution >= 4 is 11.9 Å². The minimum Gasteiger partial charge on any atom is -0.256 e. The largest absolute Gasteiger partial charge is 0.256 e. The first-order chi connectivity index (χ1) is 4.11. The molecule has 52 valence electrons. The molecule has 0 unspecified atom stereocenters. The molecule has 0 saturated heterocycles. The maximum Gasteiger partial charge on any atom is 0.0286 e.